The molecule has 4 heteroatoms. The molecule has 1 N–H and O–H groups in total. The van der Waals surface area contributed by atoms with Crippen LogP contribution in [-0.4, -0.2) is 61.0 Å². The van der Waals surface area contributed by atoms with Crippen LogP contribution in [0.25, 0.3) is 0 Å². The number of carbonyl (C=O) groups excluding carboxylic acids is 1. The molecule has 17 heavy (non-hydrogen) atoms. The molecule has 0 unspecified atom stereocenters. The summed E-state index contributed by atoms with van der Waals surface area (Å²) in [6.07, 6.45) is 1.95. The minimum Gasteiger partial charge on any atom is -0.339 e. The fraction of sp³-hybridized carbons (Fsp3) is 0.923. The lowest BCUT2D eigenvalue weighted by Gasteiger charge is -2.47. The van der Waals surface area contributed by atoms with E-state index in [1.807, 2.05) is 4.90 Å². The normalized spacial score (nSPS) is 22.9. The van der Waals surface area contributed by atoms with Gasteiger partial charge in [0.15, 0.2) is 0 Å². The van der Waals surface area contributed by atoms with Crippen LogP contribution in [0.3, 0.4) is 0 Å². The van der Waals surface area contributed by atoms with Crippen LogP contribution in [0.2, 0.25) is 0 Å². The molecule has 0 aromatic carbocycles. The van der Waals surface area contributed by atoms with Crippen molar-refractivity contribution in [3.63, 3.8) is 0 Å². The first kappa shape index (κ1) is 12.8. The van der Waals surface area contributed by atoms with Crippen LogP contribution in [0.5, 0.6) is 0 Å². The van der Waals surface area contributed by atoms with Crippen LogP contribution in [0, 0.1) is 5.92 Å². The van der Waals surface area contributed by atoms with Crippen molar-refractivity contribution in [2.24, 2.45) is 5.92 Å². The number of hydrogen-bond donors (Lipinski definition) is 1. The SMILES string of the molecule is CCC(CC)C(=O)N1CC(N2CCNCC2)C1. The molecule has 2 aliphatic rings. The van der Waals surface area contributed by atoms with Gasteiger partial charge in [0.1, 0.15) is 0 Å². The van der Waals surface area contributed by atoms with Gasteiger partial charge in [0.2, 0.25) is 5.91 Å². The molecule has 0 aromatic heterocycles. The Morgan fingerprint density at radius 3 is 2.35 bits per heavy atom. The van der Waals surface area contributed by atoms with Gasteiger partial charge in [0.05, 0.1) is 0 Å². The summed E-state index contributed by atoms with van der Waals surface area (Å²) in [5.74, 6) is 0.625. The van der Waals surface area contributed by atoms with Crippen molar-refractivity contribution in [3.8, 4) is 0 Å². The van der Waals surface area contributed by atoms with Crippen molar-refractivity contribution in [2.45, 2.75) is 32.7 Å². The number of nitrogens with zero attached hydrogens (tertiary/aromatic N) is 2. The minimum atomic E-state index is 0.249. The lowest BCUT2D eigenvalue weighted by atomic mass is 9.97. The predicted octanol–water partition coefficient (Wildman–Crippen LogP) is 0.539. The zero-order valence-electron chi connectivity index (χ0n) is 11.1. The molecule has 2 fully saturated rings. The van der Waals surface area contributed by atoms with Crippen molar-refractivity contribution in [1.29, 1.82) is 0 Å². The van der Waals surface area contributed by atoms with Gasteiger partial charge < -0.3 is 10.2 Å². The first-order valence-corrected chi connectivity index (χ1v) is 6.99. The van der Waals surface area contributed by atoms with Gasteiger partial charge in [0.25, 0.3) is 0 Å². The van der Waals surface area contributed by atoms with E-state index in [2.05, 4.69) is 24.1 Å². The maximum absolute atomic E-state index is 12.1. The Morgan fingerprint density at radius 2 is 1.82 bits per heavy atom. The second-order valence-electron chi connectivity index (χ2n) is 5.20. The number of piperazine rings is 1. The molecule has 0 radical (unpaired) electrons. The van der Waals surface area contributed by atoms with E-state index in [-0.39, 0.29) is 5.92 Å². The maximum Gasteiger partial charge on any atom is 0.225 e. The zero-order valence-corrected chi connectivity index (χ0v) is 11.1. The standard InChI is InChI=1S/C13H25N3O/c1-3-11(4-2)13(17)16-9-12(10-16)15-7-5-14-6-8-15/h11-12,14H,3-10H2,1-2H3. The van der Waals surface area contributed by atoms with Gasteiger partial charge in [0, 0.05) is 51.2 Å². The highest BCUT2D eigenvalue weighted by Gasteiger charge is 2.36. The van der Waals surface area contributed by atoms with Crippen molar-refractivity contribution >= 4 is 5.91 Å². The van der Waals surface area contributed by atoms with E-state index >= 15 is 0 Å². The summed E-state index contributed by atoms with van der Waals surface area (Å²) in [5, 5.41) is 3.37. The Balaban J connectivity index is 1.75. The summed E-state index contributed by atoms with van der Waals surface area (Å²) >= 11 is 0. The first-order chi connectivity index (χ1) is 8.26. The van der Waals surface area contributed by atoms with E-state index in [1.54, 1.807) is 0 Å². The van der Waals surface area contributed by atoms with Crippen LogP contribution in [0.1, 0.15) is 26.7 Å². The number of rotatable bonds is 4. The van der Waals surface area contributed by atoms with Gasteiger partial charge in [-0.3, -0.25) is 9.69 Å². The third-order valence-electron chi connectivity index (χ3n) is 4.18. The third kappa shape index (κ3) is 2.80. The van der Waals surface area contributed by atoms with Gasteiger partial charge in [-0.15, -0.1) is 0 Å². The Bertz CT molecular complexity index is 253. The van der Waals surface area contributed by atoms with Crippen molar-refractivity contribution in [2.75, 3.05) is 39.3 Å². The molecule has 2 saturated heterocycles. The second kappa shape index (κ2) is 5.83. The molecule has 0 saturated carbocycles. The van der Waals surface area contributed by atoms with Crippen LogP contribution >= 0.6 is 0 Å². The van der Waals surface area contributed by atoms with Gasteiger partial charge in [-0.25, -0.2) is 0 Å². The van der Waals surface area contributed by atoms with Crippen LogP contribution < -0.4 is 5.32 Å². The second-order valence-corrected chi connectivity index (χ2v) is 5.20. The van der Waals surface area contributed by atoms with Gasteiger partial charge in [-0.2, -0.15) is 0 Å². The molecule has 1 amide bonds. The summed E-state index contributed by atoms with van der Waals surface area (Å²) in [4.78, 5) is 16.7. The van der Waals surface area contributed by atoms with Gasteiger partial charge in [-0.1, -0.05) is 13.8 Å². The highest BCUT2D eigenvalue weighted by molar-refractivity contribution is 5.79. The Kier molecular flexibility index (Phi) is 4.40. The molecule has 2 heterocycles. The fourth-order valence-corrected chi connectivity index (χ4v) is 2.81. The topological polar surface area (TPSA) is 35.6 Å². The van der Waals surface area contributed by atoms with Gasteiger partial charge >= 0.3 is 0 Å². The highest BCUT2D eigenvalue weighted by Crippen LogP contribution is 2.20. The van der Waals surface area contributed by atoms with Gasteiger partial charge in [-0.05, 0) is 12.8 Å². The summed E-state index contributed by atoms with van der Waals surface area (Å²) in [5.41, 5.74) is 0. The summed E-state index contributed by atoms with van der Waals surface area (Å²) in [7, 11) is 0. The lowest BCUT2D eigenvalue weighted by Crippen LogP contribution is -2.64. The molecule has 0 atom stereocenters. The molecule has 0 spiro atoms. The van der Waals surface area contributed by atoms with Crippen molar-refractivity contribution in [1.82, 2.24) is 15.1 Å². The number of nitrogens with one attached hydrogen (secondary N) is 1. The molecule has 2 rings (SSSR count). The smallest absolute Gasteiger partial charge is 0.225 e. The average Bonchev–Trinajstić information content (AvgIpc) is 2.30. The van der Waals surface area contributed by atoms with Crippen molar-refractivity contribution in [3.05, 3.63) is 0 Å². The Labute approximate surface area is 104 Å². The largest absolute Gasteiger partial charge is 0.339 e. The molecule has 4 nitrogen and oxygen atoms in total. The van der Waals surface area contributed by atoms with Crippen LogP contribution in [-0.2, 0) is 4.79 Å². The van der Waals surface area contributed by atoms with E-state index in [0.29, 0.717) is 11.9 Å². The third-order valence-corrected chi connectivity index (χ3v) is 4.18. The lowest BCUT2D eigenvalue weighted by molar-refractivity contribution is -0.143. The molecule has 0 aromatic rings. The fourth-order valence-electron chi connectivity index (χ4n) is 2.81. The quantitative estimate of drug-likeness (QED) is 0.778. The average molecular weight is 239 g/mol. The Hall–Kier alpha value is -0.610. The molecular formula is C13H25N3O. The zero-order chi connectivity index (χ0) is 12.3. The Morgan fingerprint density at radius 1 is 1.24 bits per heavy atom. The van der Waals surface area contributed by atoms with Crippen molar-refractivity contribution < 1.29 is 4.79 Å². The molecular weight excluding hydrogens is 214 g/mol. The van der Waals surface area contributed by atoms with Crippen LogP contribution in [0.4, 0.5) is 0 Å². The number of hydrogen-bond acceptors (Lipinski definition) is 3. The van der Waals surface area contributed by atoms with E-state index < -0.39 is 0 Å². The minimum absolute atomic E-state index is 0.249. The molecule has 2 aliphatic heterocycles. The maximum atomic E-state index is 12.1. The van der Waals surface area contributed by atoms with E-state index in [1.165, 1.54) is 0 Å². The van der Waals surface area contributed by atoms with E-state index in [9.17, 15) is 4.79 Å². The predicted molar refractivity (Wildman–Crippen MR) is 68.9 cm³/mol. The number of amides is 1. The summed E-state index contributed by atoms with van der Waals surface area (Å²) in [6.45, 7) is 10.6. The summed E-state index contributed by atoms with van der Waals surface area (Å²) < 4.78 is 0. The molecule has 0 aliphatic carbocycles. The number of likely N-dealkylation sites (tertiary alicyclic amines) is 1. The molecule has 0 bridgehead atoms. The molecule has 98 valence electrons. The van der Waals surface area contributed by atoms with Crippen LogP contribution in [0.15, 0.2) is 0 Å². The number of carbonyl (C=O) groups is 1. The summed E-state index contributed by atoms with van der Waals surface area (Å²) in [6, 6.07) is 0.621. The first-order valence-electron chi connectivity index (χ1n) is 6.99. The van der Waals surface area contributed by atoms with E-state index in [4.69, 9.17) is 0 Å². The highest BCUT2D eigenvalue weighted by atomic mass is 16.2. The monoisotopic (exact) mass is 239 g/mol. The van der Waals surface area contributed by atoms with E-state index in [0.717, 1.165) is 52.1 Å².